The van der Waals surface area contributed by atoms with Crippen LogP contribution in [0.1, 0.15) is 12.5 Å². The molecule has 2 heterocycles. The van der Waals surface area contributed by atoms with Gasteiger partial charge in [0.1, 0.15) is 11.2 Å². The van der Waals surface area contributed by atoms with Gasteiger partial charge in [0.05, 0.1) is 5.69 Å². The molecule has 108 valence electrons. The number of hydrogen-bond acceptors (Lipinski definition) is 3. The van der Waals surface area contributed by atoms with Gasteiger partial charge in [0.25, 0.3) is 0 Å². The molecule has 0 saturated carbocycles. The highest BCUT2D eigenvalue weighted by Crippen LogP contribution is 2.35. The molecule has 2 aromatic rings. The first kappa shape index (κ1) is 13.9. The van der Waals surface area contributed by atoms with Crippen LogP contribution in [0.25, 0.3) is 0 Å². The van der Waals surface area contributed by atoms with Gasteiger partial charge in [-0.3, -0.25) is 4.79 Å². The molecule has 0 spiro atoms. The molecule has 0 aliphatic carbocycles. The van der Waals surface area contributed by atoms with Crippen LogP contribution in [0.15, 0.2) is 42.5 Å². The van der Waals surface area contributed by atoms with Crippen molar-refractivity contribution >= 4 is 29.0 Å². The molecule has 5 heteroatoms. The van der Waals surface area contributed by atoms with E-state index in [9.17, 15) is 4.79 Å². The molecule has 1 aliphatic rings. The van der Waals surface area contributed by atoms with E-state index in [1.165, 1.54) is 0 Å². The van der Waals surface area contributed by atoms with E-state index in [1.54, 1.807) is 18.0 Å². The van der Waals surface area contributed by atoms with Gasteiger partial charge in [-0.1, -0.05) is 41.9 Å². The Bertz CT molecular complexity index is 674. The van der Waals surface area contributed by atoms with Crippen LogP contribution in [0, 0.1) is 0 Å². The largest absolute Gasteiger partial charge is 0.339 e. The molecule has 0 fully saturated rings. The zero-order valence-electron chi connectivity index (χ0n) is 12.0. The number of amides is 1. The number of fused-ring (bicyclic) bond motifs is 1. The highest BCUT2D eigenvalue weighted by molar-refractivity contribution is 6.29. The minimum absolute atomic E-state index is 0.0579. The normalized spacial score (nSPS) is 17.9. The molecule has 21 heavy (non-hydrogen) atoms. The van der Waals surface area contributed by atoms with Crippen molar-refractivity contribution in [2.24, 2.45) is 0 Å². The van der Waals surface area contributed by atoms with Crippen molar-refractivity contribution < 1.29 is 4.79 Å². The van der Waals surface area contributed by atoms with Crippen molar-refractivity contribution in [1.82, 2.24) is 4.98 Å². The number of aromatic nitrogens is 1. The van der Waals surface area contributed by atoms with Crippen molar-refractivity contribution in [1.29, 1.82) is 0 Å². The van der Waals surface area contributed by atoms with Crippen LogP contribution in [0.2, 0.25) is 5.15 Å². The second-order valence-corrected chi connectivity index (χ2v) is 5.55. The van der Waals surface area contributed by atoms with E-state index in [2.05, 4.69) is 4.98 Å². The van der Waals surface area contributed by atoms with E-state index in [0.717, 1.165) is 17.1 Å². The summed E-state index contributed by atoms with van der Waals surface area (Å²) in [5.41, 5.74) is 1.92. The zero-order valence-corrected chi connectivity index (χ0v) is 12.7. The predicted molar refractivity (Wildman–Crippen MR) is 84.7 cm³/mol. The van der Waals surface area contributed by atoms with Gasteiger partial charge < -0.3 is 9.80 Å². The van der Waals surface area contributed by atoms with E-state index in [1.807, 2.05) is 48.2 Å². The standard InChI is InChI=1S/C16H16ClN3O/c1-11-16(21)19(2)13-8-9-14(17)18-15(13)20(11)10-12-6-4-3-5-7-12/h3-9,11H,10H2,1-2H3/t11-/m0/s1. The minimum atomic E-state index is -0.270. The lowest BCUT2D eigenvalue weighted by Gasteiger charge is -2.39. The molecule has 1 aromatic carbocycles. The minimum Gasteiger partial charge on any atom is -0.339 e. The number of anilines is 2. The first-order valence-electron chi connectivity index (χ1n) is 6.82. The van der Waals surface area contributed by atoms with Crippen LogP contribution in [0.4, 0.5) is 11.5 Å². The highest BCUT2D eigenvalue weighted by atomic mass is 35.5. The van der Waals surface area contributed by atoms with Crippen LogP contribution in [-0.4, -0.2) is 24.0 Å². The number of hydrogen-bond donors (Lipinski definition) is 0. The summed E-state index contributed by atoms with van der Waals surface area (Å²) in [6.45, 7) is 2.52. The summed E-state index contributed by atoms with van der Waals surface area (Å²) in [5, 5.41) is 0.432. The van der Waals surface area contributed by atoms with Crippen LogP contribution in [0.5, 0.6) is 0 Å². The van der Waals surface area contributed by atoms with E-state index in [0.29, 0.717) is 11.7 Å². The summed E-state index contributed by atoms with van der Waals surface area (Å²) in [7, 11) is 1.77. The molecule has 1 aromatic heterocycles. The number of carbonyl (C=O) groups excluding carboxylic acids is 1. The Balaban J connectivity index is 2.05. The zero-order chi connectivity index (χ0) is 15.0. The lowest BCUT2D eigenvalue weighted by molar-refractivity contribution is -0.119. The molecule has 0 saturated heterocycles. The van der Waals surface area contributed by atoms with Crippen molar-refractivity contribution in [2.45, 2.75) is 19.5 Å². The number of halogens is 1. The first-order chi connectivity index (χ1) is 10.1. The summed E-state index contributed by atoms with van der Waals surface area (Å²) < 4.78 is 0. The second-order valence-electron chi connectivity index (χ2n) is 5.16. The summed E-state index contributed by atoms with van der Waals surface area (Å²) in [4.78, 5) is 20.5. The van der Waals surface area contributed by atoms with Crippen LogP contribution in [0.3, 0.4) is 0 Å². The van der Waals surface area contributed by atoms with Gasteiger partial charge in [0.15, 0.2) is 5.82 Å². The summed E-state index contributed by atoms with van der Waals surface area (Å²) >= 11 is 6.04. The molecule has 4 nitrogen and oxygen atoms in total. The highest BCUT2D eigenvalue weighted by Gasteiger charge is 2.34. The van der Waals surface area contributed by atoms with Gasteiger partial charge in [-0.15, -0.1) is 0 Å². The Hall–Kier alpha value is -2.07. The van der Waals surface area contributed by atoms with Crippen LogP contribution in [-0.2, 0) is 11.3 Å². The molecule has 1 amide bonds. The van der Waals surface area contributed by atoms with Crippen molar-refractivity contribution in [2.75, 3.05) is 16.8 Å². The average molecular weight is 302 g/mol. The molecule has 3 rings (SSSR count). The van der Waals surface area contributed by atoms with Gasteiger partial charge in [0.2, 0.25) is 5.91 Å². The number of nitrogens with zero attached hydrogens (tertiary/aromatic N) is 3. The molecular weight excluding hydrogens is 286 g/mol. The molecule has 1 aliphatic heterocycles. The second kappa shape index (κ2) is 5.37. The number of rotatable bonds is 2. The maximum absolute atomic E-state index is 12.4. The number of carbonyl (C=O) groups is 1. The van der Waals surface area contributed by atoms with Crippen molar-refractivity contribution in [3.8, 4) is 0 Å². The van der Waals surface area contributed by atoms with Crippen molar-refractivity contribution in [3.05, 3.63) is 53.2 Å². The van der Waals surface area contributed by atoms with Gasteiger partial charge in [-0.2, -0.15) is 0 Å². The summed E-state index contributed by atoms with van der Waals surface area (Å²) in [6.07, 6.45) is 0. The van der Waals surface area contributed by atoms with E-state index in [4.69, 9.17) is 11.6 Å². The monoisotopic (exact) mass is 301 g/mol. The van der Waals surface area contributed by atoms with Gasteiger partial charge in [-0.05, 0) is 24.6 Å². The molecule has 0 N–H and O–H groups in total. The van der Waals surface area contributed by atoms with Gasteiger partial charge in [0, 0.05) is 13.6 Å². The maximum Gasteiger partial charge on any atom is 0.249 e. The molecule has 0 bridgehead atoms. The Morgan fingerprint density at radius 2 is 1.90 bits per heavy atom. The fraction of sp³-hybridized carbons (Fsp3) is 0.250. The molecule has 0 unspecified atom stereocenters. The quantitative estimate of drug-likeness (QED) is 0.800. The lowest BCUT2D eigenvalue weighted by Crippen LogP contribution is -2.50. The van der Waals surface area contributed by atoms with Gasteiger partial charge in [-0.25, -0.2) is 4.98 Å². The smallest absolute Gasteiger partial charge is 0.249 e. The Kier molecular flexibility index (Phi) is 3.55. The molecule has 1 atom stereocenters. The topological polar surface area (TPSA) is 36.4 Å². The first-order valence-corrected chi connectivity index (χ1v) is 7.20. The molecular formula is C16H16ClN3O. The maximum atomic E-state index is 12.4. The van der Waals surface area contributed by atoms with Crippen LogP contribution < -0.4 is 9.80 Å². The number of pyridine rings is 1. The fourth-order valence-electron chi connectivity index (χ4n) is 2.60. The Morgan fingerprint density at radius 1 is 1.19 bits per heavy atom. The predicted octanol–water partition coefficient (Wildman–Crippen LogP) is 3.11. The van der Waals surface area contributed by atoms with Crippen molar-refractivity contribution in [3.63, 3.8) is 0 Å². The fourth-order valence-corrected chi connectivity index (χ4v) is 2.74. The SMILES string of the molecule is C[C@H]1C(=O)N(C)c2ccc(Cl)nc2N1Cc1ccccc1. The Labute approximate surface area is 129 Å². The number of likely N-dealkylation sites (N-methyl/N-ethyl adjacent to an activating group) is 1. The van der Waals surface area contributed by atoms with E-state index >= 15 is 0 Å². The van der Waals surface area contributed by atoms with E-state index in [-0.39, 0.29) is 11.9 Å². The summed E-state index contributed by atoms with van der Waals surface area (Å²) in [6, 6.07) is 13.3. The van der Waals surface area contributed by atoms with Crippen LogP contribution >= 0.6 is 11.6 Å². The lowest BCUT2D eigenvalue weighted by atomic mass is 10.1. The van der Waals surface area contributed by atoms with Gasteiger partial charge >= 0.3 is 0 Å². The van der Waals surface area contributed by atoms with E-state index < -0.39 is 0 Å². The third-order valence-electron chi connectivity index (χ3n) is 3.81. The number of benzene rings is 1. The third-order valence-corrected chi connectivity index (χ3v) is 4.02. The Morgan fingerprint density at radius 3 is 2.62 bits per heavy atom. The third kappa shape index (κ3) is 2.47. The summed E-state index contributed by atoms with van der Waals surface area (Å²) in [5.74, 6) is 0.809. The molecule has 0 radical (unpaired) electrons. The average Bonchev–Trinajstić information content (AvgIpc) is 2.50.